The standard InChI is InChI=1S/C21H27N3O3S/c1-27-20-15-24(16-21(26)22-8-7-17-5-3-2-4-6-17)18(13-19(20)25)14-23-9-11-28-12-10-23/h2-6,13,15H,7-12,14,16H2,1H3,(H,22,26). The third-order valence-electron chi connectivity index (χ3n) is 4.78. The minimum atomic E-state index is -0.148. The molecule has 1 aliphatic rings. The Hall–Kier alpha value is -2.25. The van der Waals surface area contributed by atoms with Gasteiger partial charge in [0.1, 0.15) is 6.54 Å². The molecule has 0 saturated carbocycles. The number of carbonyl (C=O) groups is 1. The zero-order chi connectivity index (χ0) is 19.8. The summed E-state index contributed by atoms with van der Waals surface area (Å²) in [4.78, 5) is 27.0. The molecule has 6 nitrogen and oxygen atoms in total. The number of thioether (sulfide) groups is 1. The minimum Gasteiger partial charge on any atom is -0.491 e. The fourth-order valence-corrected chi connectivity index (χ4v) is 4.20. The van der Waals surface area contributed by atoms with Gasteiger partial charge in [0.2, 0.25) is 11.3 Å². The number of benzene rings is 1. The van der Waals surface area contributed by atoms with Crippen LogP contribution in [0.5, 0.6) is 5.75 Å². The number of carbonyl (C=O) groups excluding carboxylic acids is 1. The van der Waals surface area contributed by atoms with Crippen LogP contribution in [-0.2, 0) is 24.3 Å². The molecule has 0 radical (unpaired) electrons. The monoisotopic (exact) mass is 401 g/mol. The first-order chi connectivity index (χ1) is 13.7. The number of nitrogens with one attached hydrogen (secondary N) is 1. The molecule has 3 rings (SSSR count). The van der Waals surface area contributed by atoms with E-state index < -0.39 is 0 Å². The molecular weight excluding hydrogens is 374 g/mol. The smallest absolute Gasteiger partial charge is 0.239 e. The molecule has 1 fully saturated rings. The summed E-state index contributed by atoms with van der Waals surface area (Å²) >= 11 is 1.95. The van der Waals surface area contributed by atoms with Gasteiger partial charge >= 0.3 is 0 Å². The number of pyridine rings is 1. The summed E-state index contributed by atoms with van der Waals surface area (Å²) in [5.41, 5.74) is 1.89. The first kappa shape index (κ1) is 20.5. The van der Waals surface area contributed by atoms with Gasteiger partial charge in [-0.2, -0.15) is 11.8 Å². The summed E-state index contributed by atoms with van der Waals surface area (Å²) in [6, 6.07) is 11.7. The number of hydrogen-bond donors (Lipinski definition) is 1. The minimum absolute atomic E-state index is 0.0721. The highest BCUT2D eigenvalue weighted by atomic mass is 32.2. The second-order valence-corrected chi connectivity index (χ2v) is 8.02. The molecule has 2 aromatic rings. The maximum Gasteiger partial charge on any atom is 0.239 e. The van der Waals surface area contributed by atoms with Crippen molar-refractivity contribution >= 4 is 17.7 Å². The van der Waals surface area contributed by atoms with Crippen LogP contribution in [-0.4, -0.2) is 53.6 Å². The second kappa shape index (κ2) is 10.3. The number of methoxy groups -OCH3 is 1. The fourth-order valence-electron chi connectivity index (χ4n) is 3.22. The molecule has 7 heteroatoms. The normalized spacial score (nSPS) is 14.6. The van der Waals surface area contributed by atoms with Crippen molar-refractivity contribution in [2.75, 3.05) is 38.2 Å². The lowest BCUT2D eigenvalue weighted by Gasteiger charge is -2.27. The van der Waals surface area contributed by atoms with Crippen molar-refractivity contribution in [1.82, 2.24) is 14.8 Å². The van der Waals surface area contributed by atoms with Crippen molar-refractivity contribution in [2.24, 2.45) is 0 Å². The van der Waals surface area contributed by atoms with Gasteiger partial charge < -0.3 is 14.6 Å². The molecule has 1 saturated heterocycles. The molecule has 0 bridgehead atoms. The van der Waals surface area contributed by atoms with E-state index in [0.29, 0.717) is 13.1 Å². The van der Waals surface area contributed by atoms with Gasteiger partial charge in [0, 0.05) is 49.4 Å². The number of aromatic nitrogens is 1. The van der Waals surface area contributed by atoms with E-state index in [1.807, 2.05) is 46.7 Å². The van der Waals surface area contributed by atoms with Crippen LogP contribution in [0.2, 0.25) is 0 Å². The lowest BCUT2D eigenvalue weighted by molar-refractivity contribution is -0.121. The quantitative estimate of drug-likeness (QED) is 0.730. The molecule has 1 aromatic carbocycles. The molecule has 2 heterocycles. The number of hydrogen-bond acceptors (Lipinski definition) is 5. The average Bonchev–Trinajstić information content (AvgIpc) is 2.71. The lowest BCUT2D eigenvalue weighted by atomic mass is 10.1. The summed E-state index contributed by atoms with van der Waals surface area (Å²) in [5.74, 6) is 2.38. The molecule has 1 aliphatic heterocycles. The van der Waals surface area contributed by atoms with Crippen LogP contribution in [0.25, 0.3) is 0 Å². The van der Waals surface area contributed by atoms with Crippen LogP contribution in [0.1, 0.15) is 11.3 Å². The van der Waals surface area contributed by atoms with E-state index in [1.54, 1.807) is 12.3 Å². The van der Waals surface area contributed by atoms with Crippen molar-refractivity contribution in [3.05, 3.63) is 64.1 Å². The number of amides is 1. The maximum absolute atomic E-state index is 12.5. The predicted octanol–water partition coefficient (Wildman–Crippen LogP) is 1.76. The Morgan fingerprint density at radius 1 is 1.21 bits per heavy atom. The molecule has 0 spiro atoms. The van der Waals surface area contributed by atoms with Gasteiger partial charge in [-0.1, -0.05) is 30.3 Å². The molecule has 0 unspecified atom stereocenters. The average molecular weight is 402 g/mol. The van der Waals surface area contributed by atoms with Crippen LogP contribution in [0.15, 0.2) is 47.4 Å². The van der Waals surface area contributed by atoms with Gasteiger partial charge in [0.05, 0.1) is 13.3 Å². The highest BCUT2D eigenvalue weighted by Gasteiger charge is 2.15. The Morgan fingerprint density at radius 3 is 2.68 bits per heavy atom. The van der Waals surface area contributed by atoms with Crippen molar-refractivity contribution in [3.8, 4) is 5.75 Å². The maximum atomic E-state index is 12.5. The van der Waals surface area contributed by atoms with Crippen molar-refractivity contribution in [1.29, 1.82) is 0 Å². The Kier molecular flexibility index (Phi) is 7.56. The lowest BCUT2D eigenvalue weighted by Crippen LogP contribution is -2.35. The summed E-state index contributed by atoms with van der Waals surface area (Å²) < 4.78 is 7.00. The number of rotatable bonds is 8. The van der Waals surface area contributed by atoms with E-state index in [2.05, 4.69) is 10.2 Å². The van der Waals surface area contributed by atoms with Crippen LogP contribution in [0.3, 0.4) is 0 Å². The van der Waals surface area contributed by atoms with E-state index in [9.17, 15) is 9.59 Å². The summed E-state index contributed by atoms with van der Waals surface area (Å²) in [7, 11) is 1.47. The SMILES string of the molecule is COc1cn(CC(=O)NCCc2ccccc2)c(CN2CCSCC2)cc1=O. The van der Waals surface area contributed by atoms with Gasteiger partial charge in [-0.3, -0.25) is 14.5 Å². The highest BCUT2D eigenvalue weighted by Crippen LogP contribution is 2.14. The predicted molar refractivity (Wildman–Crippen MR) is 113 cm³/mol. The molecule has 1 N–H and O–H groups in total. The summed E-state index contributed by atoms with van der Waals surface area (Å²) in [5, 5.41) is 2.97. The first-order valence-electron chi connectivity index (χ1n) is 9.54. The van der Waals surface area contributed by atoms with Gasteiger partial charge in [-0.15, -0.1) is 0 Å². The van der Waals surface area contributed by atoms with Gasteiger partial charge in [0.15, 0.2) is 5.75 Å². The zero-order valence-corrected chi connectivity index (χ0v) is 17.0. The Labute approximate surface area is 169 Å². The van der Waals surface area contributed by atoms with Crippen LogP contribution in [0.4, 0.5) is 0 Å². The Bertz CT molecular complexity index is 833. The molecule has 150 valence electrons. The van der Waals surface area contributed by atoms with Gasteiger partial charge in [-0.05, 0) is 12.0 Å². The highest BCUT2D eigenvalue weighted by molar-refractivity contribution is 7.99. The van der Waals surface area contributed by atoms with Crippen molar-refractivity contribution in [3.63, 3.8) is 0 Å². The second-order valence-electron chi connectivity index (χ2n) is 6.80. The van der Waals surface area contributed by atoms with Gasteiger partial charge in [-0.25, -0.2) is 0 Å². The molecule has 0 atom stereocenters. The molecule has 0 aliphatic carbocycles. The van der Waals surface area contributed by atoms with Crippen molar-refractivity contribution < 1.29 is 9.53 Å². The van der Waals surface area contributed by atoms with Crippen LogP contribution >= 0.6 is 11.8 Å². The number of nitrogens with zero attached hydrogens (tertiary/aromatic N) is 2. The van der Waals surface area contributed by atoms with E-state index in [1.165, 1.54) is 12.7 Å². The first-order valence-corrected chi connectivity index (χ1v) is 10.7. The topological polar surface area (TPSA) is 63.6 Å². The Morgan fingerprint density at radius 2 is 1.96 bits per heavy atom. The van der Waals surface area contributed by atoms with E-state index >= 15 is 0 Å². The molecule has 1 amide bonds. The molecule has 28 heavy (non-hydrogen) atoms. The number of ether oxygens (including phenoxy) is 1. The largest absolute Gasteiger partial charge is 0.491 e. The van der Waals surface area contributed by atoms with E-state index in [0.717, 1.165) is 36.7 Å². The van der Waals surface area contributed by atoms with E-state index in [-0.39, 0.29) is 23.6 Å². The third-order valence-corrected chi connectivity index (χ3v) is 5.73. The molecular formula is C21H27N3O3S. The van der Waals surface area contributed by atoms with Crippen LogP contribution in [0, 0.1) is 0 Å². The van der Waals surface area contributed by atoms with Crippen molar-refractivity contribution in [2.45, 2.75) is 19.5 Å². The zero-order valence-electron chi connectivity index (χ0n) is 16.2. The fraction of sp³-hybridized carbons (Fsp3) is 0.429. The Balaban J connectivity index is 1.64. The van der Waals surface area contributed by atoms with E-state index in [4.69, 9.17) is 4.74 Å². The van der Waals surface area contributed by atoms with Gasteiger partial charge in [0.25, 0.3) is 0 Å². The summed E-state index contributed by atoms with van der Waals surface area (Å²) in [6.07, 6.45) is 2.44. The molecule has 1 aromatic heterocycles. The third kappa shape index (κ3) is 5.87. The summed E-state index contributed by atoms with van der Waals surface area (Å²) in [6.45, 7) is 3.40. The van der Waals surface area contributed by atoms with Crippen LogP contribution < -0.4 is 15.5 Å².